The molecule has 9 heteroatoms. The van der Waals surface area contributed by atoms with E-state index in [1.54, 1.807) is 19.1 Å². The van der Waals surface area contributed by atoms with E-state index in [9.17, 15) is 19.1 Å². The number of alkyl halides is 1. The van der Waals surface area contributed by atoms with Crippen LogP contribution < -0.4 is 9.47 Å². The molecule has 264 valence electrons. The molecule has 3 aromatic rings. The fraction of sp³-hybridized carbons (Fsp3) is 0.450. The van der Waals surface area contributed by atoms with Crippen LogP contribution in [0.1, 0.15) is 75.8 Å². The summed E-state index contributed by atoms with van der Waals surface area (Å²) in [5, 5.41) is 18.3. The number of carbonyl (C=O) groups excluding carboxylic acids is 2. The summed E-state index contributed by atoms with van der Waals surface area (Å²) in [6.07, 6.45) is 8.50. The van der Waals surface area contributed by atoms with Crippen molar-refractivity contribution >= 4 is 11.9 Å². The lowest BCUT2D eigenvalue weighted by atomic mass is 9.77. The highest BCUT2D eigenvalue weighted by Crippen LogP contribution is 2.39. The third-order valence-corrected chi connectivity index (χ3v) is 9.27. The third kappa shape index (κ3) is 10.6. The monoisotopic (exact) mass is 676 g/mol. The van der Waals surface area contributed by atoms with Crippen molar-refractivity contribution in [2.45, 2.75) is 71.1 Å². The molecular formula is C40H49FO8. The topological polar surface area (TPSA) is 112 Å². The molecule has 49 heavy (non-hydrogen) atoms. The van der Waals surface area contributed by atoms with Crippen LogP contribution in [0.3, 0.4) is 0 Å². The summed E-state index contributed by atoms with van der Waals surface area (Å²) in [5.74, 6) is -0.281. The number of aryl methyl sites for hydroxylation is 1. The Labute approximate surface area is 288 Å². The van der Waals surface area contributed by atoms with Gasteiger partial charge in [-0.15, -0.1) is 0 Å². The van der Waals surface area contributed by atoms with Gasteiger partial charge in [-0.25, -0.2) is 4.79 Å². The second-order valence-electron chi connectivity index (χ2n) is 12.7. The van der Waals surface area contributed by atoms with Gasteiger partial charge in [-0.2, -0.15) is 0 Å². The molecule has 2 N–H and O–H groups in total. The van der Waals surface area contributed by atoms with E-state index in [0.717, 1.165) is 41.9 Å². The first kappa shape index (κ1) is 37.6. The van der Waals surface area contributed by atoms with E-state index >= 15 is 0 Å². The van der Waals surface area contributed by atoms with Crippen molar-refractivity contribution in [2.24, 2.45) is 11.8 Å². The minimum Gasteiger partial charge on any atom is -0.453 e. The van der Waals surface area contributed by atoms with Gasteiger partial charge in [0.25, 0.3) is 0 Å². The zero-order valence-electron chi connectivity index (χ0n) is 28.6. The number of unbranched alkanes of at least 4 members (excludes halogenated alkanes) is 1. The molecule has 0 aromatic heterocycles. The standard InChI is InChI=1S/C40H49FO8/c1-4-30-21-34(16-18-36(30)33-14-12-32(13-15-33)31-10-8-29(9-11-31)7-5-6-20-41)35-17-19-37(46-25-48-39(44)27(2)23-42)38(22-35)47-26-49-40(45)28(3)24-43/h12-19,21-22,28-29,31,42-43H,2,4-11,20,23-26H2,1,3H3. The normalized spacial score (nSPS) is 16.4. The Kier molecular flexibility index (Phi) is 14.7. The van der Waals surface area contributed by atoms with Crippen LogP contribution >= 0.6 is 0 Å². The molecule has 1 unspecified atom stereocenters. The van der Waals surface area contributed by atoms with Crippen LogP contribution in [0.5, 0.6) is 11.5 Å². The zero-order chi connectivity index (χ0) is 35.2. The number of aliphatic hydroxyl groups excluding tert-OH is 2. The number of benzene rings is 3. The van der Waals surface area contributed by atoms with Crippen LogP contribution in [0, 0.1) is 11.8 Å². The van der Waals surface area contributed by atoms with Gasteiger partial charge >= 0.3 is 11.9 Å². The average Bonchev–Trinajstić information content (AvgIpc) is 3.14. The summed E-state index contributed by atoms with van der Waals surface area (Å²) < 4.78 is 34.0. The second-order valence-corrected chi connectivity index (χ2v) is 12.7. The highest BCUT2D eigenvalue weighted by molar-refractivity contribution is 5.87. The Morgan fingerprint density at radius 2 is 1.51 bits per heavy atom. The molecule has 8 nitrogen and oxygen atoms in total. The molecule has 3 aromatic carbocycles. The van der Waals surface area contributed by atoms with Crippen LogP contribution in [0.15, 0.2) is 72.8 Å². The first-order valence-electron chi connectivity index (χ1n) is 17.2. The fourth-order valence-electron chi connectivity index (χ4n) is 6.19. The number of ether oxygens (including phenoxy) is 4. The van der Waals surface area contributed by atoms with Gasteiger partial charge < -0.3 is 29.2 Å². The molecule has 1 atom stereocenters. The van der Waals surface area contributed by atoms with Gasteiger partial charge in [-0.05, 0) is 103 Å². The van der Waals surface area contributed by atoms with Crippen LogP contribution in [-0.2, 0) is 25.5 Å². The molecular weight excluding hydrogens is 627 g/mol. The highest BCUT2D eigenvalue weighted by Gasteiger charge is 2.22. The summed E-state index contributed by atoms with van der Waals surface area (Å²) in [6, 6.07) is 20.6. The van der Waals surface area contributed by atoms with Crippen molar-refractivity contribution in [3.63, 3.8) is 0 Å². The van der Waals surface area contributed by atoms with Crippen molar-refractivity contribution < 1.29 is 43.1 Å². The van der Waals surface area contributed by atoms with Crippen molar-refractivity contribution in [1.29, 1.82) is 0 Å². The zero-order valence-corrected chi connectivity index (χ0v) is 28.6. The maximum atomic E-state index is 12.5. The number of hydrogen-bond donors (Lipinski definition) is 2. The Morgan fingerprint density at radius 1 is 0.857 bits per heavy atom. The summed E-state index contributed by atoms with van der Waals surface area (Å²) in [4.78, 5) is 23.9. The van der Waals surface area contributed by atoms with Gasteiger partial charge in [0.15, 0.2) is 11.5 Å². The number of rotatable bonds is 18. The molecule has 4 rings (SSSR count). The molecule has 0 bridgehead atoms. The molecule has 1 aliphatic rings. The van der Waals surface area contributed by atoms with Gasteiger partial charge in [-0.3, -0.25) is 9.18 Å². The number of aliphatic hydroxyl groups is 2. The third-order valence-electron chi connectivity index (χ3n) is 9.27. The predicted molar refractivity (Wildman–Crippen MR) is 187 cm³/mol. The van der Waals surface area contributed by atoms with Gasteiger partial charge in [0.05, 0.1) is 31.4 Å². The lowest BCUT2D eigenvalue weighted by Crippen LogP contribution is -2.20. The summed E-state index contributed by atoms with van der Waals surface area (Å²) in [5.41, 5.74) is 6.59. The Balaban J connectivity index is 1.48. The van der Waals surface area contributed by atoms with E-state index in [0.29, 0.717) is 12.3 Å². The lowest BCUT2D eigenvalue weighted by Gasteiger charge is -2.29. The number of esters is 2. The summed E-state index contributed by atoms with van der Waals surface area (Å²) in [7, 11) is 0. The molecule has 1 aliphatic carbocycles. The van der Waals surface area contributed by atoms with Crippen molar-refractivity contribution in [3.8, 4) is 33.8 Å². The molecule has 0 spiro atoms. The van der Waals surface area contributed by atoms with E-state index < -0.39 is 38.0 Å². The number of hydrogen-bond acceptors (Lipinski definition) is 8. The predicted octanol–water partition coefficient (Wildman–Crippen LogP) is 7.93. The molecule has 0 amide bonds. The Bertz CT molecular complexity index is 1530. The largest absolute Gasteiger partial charge is 0.453 e. The van der Waals surface area contributed by atoms with E-state index in [4.69, 9.17) is 24.1 Å². The fourth-order valence-corrected chi connectivity index (χ4v) is 6.19. The first-order valence-corrected chi connectivity index (χ1v) is 17.2. The van der Waals surface area contributed by atoms with Crippen molar-refractivity contribution in [2.75, 3.05) is 33.5 Å². The van der Waals surface area contributed by atoms with E-state index in [2.05, 4.69) is 56.0 Å². The van der Waals surface area contributed by atoms with E-state index in [1.807, 2.05) is 6.07 Å². The van der Waals surface area contributed by atoms with Crippen LogP contribution in [-0.4, -0.2) is 55.6 Å². The molecule has 0 radical (unpaired) electrons. The van der Waals surface area contributed by atoms with Crippen LogP contribution in [0.2, 0.25) is 0 Å². The minimum absolute atomic E-state index is 0.104. The van der Waals surface area contributed by atoms with E-state index in [1.165, 1.54) is 42.4 Å². The number of carbonyl (C=O) groups is 2. The van der Waals surface area contributed by atoms with Gasteiger partial charge in [-0.1, -0.05) is 74.9 Å². The van der Waals surface area contributed by atoms with Crippen LogP contribution in [0.25, 0.3) is 22.3 Å². The SMILES string of the molecule is C=C(CO)C(=O)OCOc1ccc(-c2ccc(-c3ccc(C4CCC(CCCCF)CC4)cc3)c(CC)c2)cc1OCOC(=O)C(C)CO. The maximum absolute atomic E-state index is 12.5. The molecule has 1 saturated carbocycles. The summed E-state index contributed by atoms with van der Waals surface area (Å²) >= 11 is 0. The summed E-state index contributed by atoms with van der Waals surface area (Å²) in [6.45, 7) is 5.15. The van der Waals surface area contributed by atoms with Crippen molar-refractivity contribution in [3.05, 3.63) is 83.9 Å². The average molecular weight is 677 g/mol. The van der Waals surface area contributed by atoms with Crippen LogP contribution in [0.4, 0.5) is 4.39 Å². The molecule has 1 fully saturated rings. The second kappa shape index (κ2) is 19.1. The lowest BCUT2D eigenvalue weighted by molar-refractivity contribution is -0.156. The molecule has 0 heterocycles. The molecule has 0 saturated heterocycles. The Hall–Kier alpha value is -4.21. The highest BCUT2D eigenvalue weighted by atomic mass is 19.1. The van der Waals surface area contributed by atoms with Gasteiger partial charge in [0, 0.05) is 0 Å². The smallest absolute Gasteiger partial charge is 0.338 e. The van der Waals surface area contributed by atoms with E-state index in [-0.39, 0.29) is 30.4 Å². The minimum atomic E-state index is -0.791. The van der Waals surface area contributed by atoms with Gasteiger partial charge in [0.1, 0.15) is 0 Å². The first-order chi connectivity index (χ1) is 23.8. The quantitative estimate of drug-likeness (QED) is 0.0605. The van der Waals surface area contributed by atoms with Crippen molar-refractivity contribution in [1.82, 2.24) is 0 Å². The Morgan fingerprint density at radius 3 is 2.18 bits per heavy atom. The molecule has 0 aliphatic heterocycles. The number of halogens is 1. The maximum Gasteiger partial charge on any atom is 0.338 e. The van der Waals surface area contributed by atoms with Gasteiger partial charge in [0.2, 0.25) is 13.6 Å².